The molecular formula is C26H37BrCl2N2SiZr. The monoisotopic (exact) mass is 644 g/mol. The quantitative estimate of drug-likeness (QED) is 0.402. The van der Waals surface area contributed by atoms with Gasteiger partial charge < -0.3 is 0 Å². The normalized spacial score (nSPS) is 17.8. The van der Waals surface area contributed by atoms with Crippen LogP contribution < -0.4 is 18.6 Å². The Labute approximate surface area is 222 Å². The van der Waals surface area contributed by atoms with Crippen LogP contribution in [-0.4, -0.2) is 18.5 Å². The van der Waals surface area contributed by atoms with E-state index in [-0.39, 0.29) is 30.4 Å². The summed E-state index contributed by atoms with van der Waals surface area (Å²) in [5, 5.41) is 2.79. The molecule has 1 aliphatic carbocycles. The number of rotatable bonds is 3. The van der Waals surface area contributed by atoms with Crippen LogP contribution in [0.4, 0.5) is 11.4 Å². The van der Waals surface area contributed by atoms with E-state index in [4.69, 9.17) is 0 Å². The number of halogens is 3. The molecule has 7 heteroatoms. The van der Waals surface area contributed by atoms with E-state index in [1.165, 1.54) is 43.0 Å². The summed E-state index contributed by atoms with van der Waals surface area (Å²) in [7, 11) is 0. The van der Waals surface area contributed by atoms with Crippen LogP contribution in [0.1, 0.15) is 47.1 Å². The Bertz CT molecular complexity index is 1320. The number of allylic oxidation sites excluding steroid dienone is 1. The van der Waals surface area contributed by atoms with Crippen molar-refractivity contribution >= 4 is 73.9 Å². The van der Waals surface area contributed by atoms with Crippen LogP contribution >= 0.6 is 40.7 Å². The van der Waals surface area contributed by atoms with Gasteiger partial charge in [-0.2, -0.15) is 0 Å². The molecule has 1 heterocycles. The number of benzene rings is 2. The Morgan fingerprint density at radius 2 is 1.64 bits per heavy atom. The van der Waals surface area contributed by atoms with Crippen molar-refractivity contribution in [1.82, 2.24) is 3.26 Å². The summed E-state index contributed by atoms with van der Waals surface area (Å²) in [4.78, 5) is 2.51. The van der Waals surface area contributed by atoms with Gasteiger partial charge in [0.1, 0.15) is 0 Å². The Balaban J connectivity index is 0.00000193. The third kappa shape index (κ3) is 5.06. The Morgan fingerprint density at radius 1 is 1.06 bits per heavy atom. The molecule has 2 aliphatic rings. The maximum absolute atomic E-state index is 4.14. The van der Waals surface area contributed by atoms with Gasteiger partial charge in [0, 0.05) is 0 Å². The first-order valence-corrected chi connectivity index (χ1v) is 25.3. The zero-order valence-corrected chi connectivity index (χ0v) is 28.1. The zero-order valence-electron chi connectivity index (χ0n) is 21.0. The number of nitrogens with one attached hydrogen (secondary N) is 1. The van der Waals surface area contributed by atoms with Gasteiger partial charge in [-0.15, -0.1) is 24.8 Å². The Morgan fingerprint density at radius 3 is 2.18 bits per heavy atom. The third-order valence-corrected chi connectivity index (χ3v) is 19.9. The SMILES string of the molecule is CC1=Cc2c(Br)c3c(cc2=[C]1[Zr]([CH3])([CH3])(=[SiH2])[NH]C(C)(C)C)N(c1ccccc1)C(C)C=3C.Cl.Cl. The maximum Gasteiger partial charge on any atom is -0.147 e. The zero-order chi connectivity index (χ0) is 23.0. The number of hydrogen-bond donors (Lipinski definition) is 1. The number of para-hydroxylation sites is 1. The third-order valence-electron chi connectivity index (χ3n) is 6.59. The van der Waals surface area contributed by atoms with E-state index in [1.54, 1.807) is 3.28 Å². The summed E-state index contributed by atoms with van der Waals surface area (Å²) >= 11 is 0.670. The van der Waals surface area contributed by atoms with E-state index >= 15 is 0 Å². The molecule has 180 valence electrons. The van der Waals surface area contributed by atoms with E-state index in [0.29, 0.717) is 6.04 Å². The van der Waals surface area contributed by atoms with Gasteiger partial charge in [0.05, 0.1) is 0 Å². The average Bonchev–Trinajstić information content (AvgIpc) is 3.09. The minimum absolute atomic E-state index is 0. The molecule has 0 saturated heterocycles. The molecule has 1 aliphatic heterocycles. The second-order valence-electron chi connectivity index (χ2n) is 11.4. The summed E-state index contributed by atoms with van der Waals surface area (Å²) in [6.45, 7) is 16.1. The van der Waals surface area contributed by atoms with Crippen LogP contribution in [0.2, 0.25) is 9.26 Å². The second kappa shape index (κ2) is 9.37. The van der Waals surface area contributed by atoms with Crippen molar-refractivity contribution in [2.75, 3.05) is 4.90 Å². The fourth-order valence-electron chi connectivity index (χ4n) is 5.96. The molecule has 1 unspecified atom stereocenters. The average molecular weight is 648 g/mol. The van der Waals surface area contributed by atoms with Crippen molar-refractivity contribution in [2.45, 2.75) is 62.4 Å². The summed E-state index contributed by atoms with van der Waals surface area (Å²) < 4.78 is 12.1. The molecule has 33 heavy (non-hydrogen) atoms. The molecule has 0 amide bonds. The molecule has 0 bridgehead atoms. The molecule has 1 N–H and O–H groups in total. The van der Waals surface area contributed by atoms with E-state index in [9.17, 15) is 0 Å². The predicted molar refractivity (Wildman–Crippen MR) is 155 cm³/mol. The molecule has 2 aromatic carbocycles. The van der Waals surface area contributed by atoms with Crippen molar-refractivity contribution in [3.8, 4) is 0 Å². The summed E-state index contributed by atoms with van der Waals surface area (Å²) in [6, 6.07) is 13.6. The van der Waals surface area contributed by atoms with Crippen molar-refractivity contribution in [3.05, 3.63) is 62.4 Å². The van der Waals surface area contributed by atoms with Crippen LogP contribution in [0, 0.1) is 0 Å². The summed E-state index contributed by atoms with van der Waals surface area (Å²) in [6.07, 6.45) is 2.41. The first kappa shape index (κ1) is 29.1. The van der Waals surface area contributed by atoms with Crippen molar-refractivity contribution < 1.29 is 17.7 Å². The van der Waals surface area contributed by atoms with Crippen LogP contribution in [0.3, 0.4) is 0 Å². The number of nitrogens with zero attached hydrogens (tertiary/aromatic N) is 1. The standard InChI is InChI=1S/C20H17BrN.C4H10N.2CH3.2ClH.H2Si.Zr/c1-12-9-15-11-18-19(20(21)17(15)10-12)13(2)14(3)22(18)16-7-5-4-6-8-16;1-4(2,3)5;;;;;;/h4-8,10-11,14H,1-3H3;5H,1-3H3;2*1H3;2*1H;1H2;/q;-1;;;;;;+1. The largest absolute Gasteiger partial charge is 0.147 e. The van der Waals surface area contributed by atoms with Gasteiger partial charge in [0.15, 0.2) is 0 Å². The molecule has 2 aromatic rings. The first-order chi connectivity index (χ1) is 14.2. The molecule has 0 saturated carbocycles. The van der Waals surface area contributed by atoms with E-state index in [1.807, 2.05) is 0 Å². The van der Waals surface area contributed by atoms with Gasteiger partial charge in [-0.25, -0.2) is 0 Å². The fraction of sp³-hybridized carbons (Fsp3) is 0.385. The van der Waals surface area contributed by atoms with Crippen molar-refractivity contribution in [1.29, 1.82) is 0 Å². The minimum Gasteiger partial charge on any atom is -0.147 e. The smallest absolute Gasteiger partial charge is 0.147 e. The fourth-order valence-corrected chi connectivity index (χ4v) is 24.9. The Kier molecular flexibility index (Phi) is 8.26. The number of hydrogen-bond acceptors (Lipinski definition) is 2. The number of anilines is 2. The van der Waals surface area contributed by atoms with Gasteiger partial charge in [0.2, 0.25) is 0 Å². The first-order valence-electron chi connectivity index (χ1n) is 11.2. The molecule has 2 nitrogen and oxygen atoms in total. The predicted octanol–water partition coefficient (Wildman–Crippen LogP) is 6.17. The molecule has 4 rings (SSSR count). The van der Waals surface area contributed by atoms with Crippen LogP contribution in [0.5, 0.6) is 0 Å². The van der Waals surface area contributed by atoms with E-state index in [0.717, 1.165) is 0 Å². The number of fused-ring (bicyclic) bond motifs is 2. The second-order valence-corrected chi connectivity index (χ2v) is 39.8. The van der Waals surface area contributed by atoms with Gasteiger partial charge in [-0.1, -0.05) is 0 Å². The Hall–Kier alpha value is -0.160. The maximum atomic E-state index is 4.14. The molecule has 1 atom stereocenters. The van der Waals surface area contributed by atoms with E-state index in [2.05, 4.69) is 124 Å². The molecule has 0 radical (unpaired) electrons. The minimum atomic E-state index is -3.38. The van der Waals surface area contributed by atoms with Crippen LogP contribution in [0.15, 0.2) is 46.4 Å². The molecule has 0 spiro atoms. The van der Waals surface area contributed by atoms with Crippen molar-refractivity contribution in [3.63, 3.8) is 0 Å². The summed E-state index contributed by atoms with van der Waals surface area (Å²) in [5.74, 6) is 0. The van der Waals surface area contributed by atoms with E-state index < -0.39 is 17.7 Å². The molecular weight excluding hydrogens is 610 g/mol. The van der Waals surface area contributed by atoms with Crippen LogP contribution in [-0.2, 0) is 17.7 Å². The molecule has 0 aromatic heterocycles. The van der Waals surface area contributed by atoms with Crippen LogP contribution in [0.25, 0.3) is 14.9 Å². The van der Waals surface area contributed by atoms with Gasteiger partial charge in [-0.05, 0) is 0 Å². The summed E-state index contributed by atoms with van der Waals surface area (Å²) in [5.41, 5.74) is 6.89. The topological polar surface area (TPSA) is 15.3 Å². The van der Waals surface area contributed by atoms with Gasteiger partial charge in [-0.3, -0.25) is 0 Å². The van der Waals surface area contributed by atoms with Gasteiger partial charge in [0.25, 0.3) is 0 Å². The van der Waals surface area contributed by atoms with Crippen molar-refractivity contribution in [2.24, 2.45) is 0 Å². The molecule has 0 fully saturated rings. The van der Waals surface area contributed by atoms with Gasteiger partial charge >= 0.3 is 200 Å².